The molecular formula is C26H22N2O12. The summed E-state index contributed by atoms with van der Waals surface area (Å²) in [5, 5.41) is 21.5. The van der Waals surface area contributed by atoms with Crippen LogP contribution in [0.25, 0.3) is 0 Å². The summed E-state index contributed by atoms with van der Waals surface area (Å²) < 4.78 is 25.4. The van der Waals surface area contributed by atoms with Crippen molar-refractivity contribution in [2.24, 2.45) is 5.41 Å². The van der Waals surface area contributed by atoms with Crippen LogP contribution in [0.2, 0.25) is 0 Å². The van der Waals surface area contributed by atoms with E-state index in [0.29, 0.717) is 5.56 Å². The molecule has 0 unspecified atom stereocenters. The lowest BCUT2D eigenvalue weighted by atomic mass is 9.93. The molecule has 3 rings (SSSR count). The molecule has 0 saturated carbocycles. The second-order valence-corrected chi connectivity index (χ2v) is 8.41. The lowest BCUT2D eigenvalue weighted by Gasteiger charge is -2.26. The van der Waals surface area contributed by atoms with E-state index in [4.69, 9.17) is 23.7 Å². The van der Waals surface area contributed by atoms with Crippen LogP contribution < -0.4 is 9.47 Å². The van der Waals surface area contributed by atoms with Gasteiger partial charge in [0.25, 0.3) is 11.4 Å². The van der Waals surface area contributed by atoms with Gasteiger partial charge in [-0.3, -0.25) is 25.0 Å². The van der Waals surface area contributed by atoms with Gasteiger partial charge < -0.3 is 23.7 Å². The molecule has 0 aromatic heterocycles. The molecule has 0 atom stereocenters. The van der Waals surface area contributed by atoms with Gasteiger partial charge in [-0.25, -0.2) is 9.59 Å². The lowest BCUT2D eigenvalue weighted by molar-refractivity contribution is -0.385. The predicted octanol–water partition coefficient (Wildman–Crippen LogP) is 4.98. The smallest absolute Gasteiger partial charge is 0.460 e. The van der Waals surface area contributed by atoms with Crippen molar-refractivity contribution in [2.75, 3.05) is 13.2 Å². The molecule has 0 heterocycles. The monoisotopic (exact) mass is 554 g/mol. The summed E-state index contributed by atoms with van der Waals surface area (Å²) in [6.07, 6.45) is -2.46. The second kappa shape index (κ2) is 13.3. The number of nitrogens with zero attached hydrogens (tertiary/aromatic N) is 2. The third-order valence-corrected chi connectivity index (χ3v) is 5.22. The molecule has 14 heteroatoms. The van der Waals surface area contributed by atoms with E-state index < -0.39 is 46.8 Å². The molecule has 0 spiro atoms. The fraction of sp³-hybridized carbons (Fsp3) is 0.192. The van der Waals surface area contributed by atoms with Crippen LogP contribution in [-0.2, 0) is 25.6 Å². The number of nitro groups is 2. The Labute approximate surface area is 226 Å². The molecule has 0 radical (unpaired) electrons. The van der Waals surface area contributed by atoms with E-state index in [1.165, 1.54) is 31.2 Å². The van der Waals surface area contributed by atoms with Crippen LogP contribution in [0.4, 0.5) is 21.0 Å². The van der Waals surface area contributed by atoms with Crippen LogP contribution in [0.5, 0.6) is 11.5 Å². The molecule has 0 aliphatic rings. The molecule has 0 fully saturated rings. The minimum Gasteiger partial charge on any atom is -0.460 e. The molecule has 3 aromatic rings. The van der Waals surface area contributed by atoms with Crippen LogP contribution in [0.15, 0.2) is 78.9 Å². The van der Waals surface area contributed by atoms with E-state index in [9.17, 15) is 34.6 Å². The average molecular weight is 554 g/mol. The van der Waals surface area contributed by atoms with Gasteiger partial charge in [-0.1, -0.05) is 30.3 Å². The number of esters is 1. The Balaban J connectivity index is 1.63. The molecule has 208 valence electrons. The maximum Gasteiger partial charge on any atom is 0.513 e. The van der Waals surface area contributed by atoms with Crippen LogP contribution >= 0.6 is 0 Å². The molecule has 3 aromatic carbocycles. The third kappa shape index (κ3) is 8.51. The number of ether oxygens (including phenoxy) is 5. The molecule has 0 amide bonds. The van der Waals surface area contributed by atoms with Crippen molar-refractivity contribution in [2.45, 2.75) is 13.5 Å². The van der Waals surface area contributed by atoms with Crippen molar-refractivity contribution in [1.82, 2.24) is 0 Å². The van der Waals surface area contributed by atoms with Gasteiger partial charge in [0.1, 0.15) is 36.7 Å². The number of carbonyl (C=O) groups is 3. The van der Waals surface area contributed by atoms with E-state index in [1.807, 2.05) is 0 Å². The zero-order valence-electron chi connectivity index (χ0n) is 20.9. The number of hydrogen-bond acceptors (Lipinski definition) is 12. The number of non-ortho nitro benzene ring substituents is 2. The maximum absolute atomic E-state index is 13.0. The van der Waals surface area contributed by atoms with Crippen molar-refractivity contribution in [3.63, 3.8) is 0 Å². The molecule has 0 saturated heterocycles. The van der Waals surface area contributed by atoms with Gasteiger partial charge in [0.05, 0.1) is 9.85 Å². The van der Waals surface area contributed by atoms with E-state index in [-0.39, 0.29) is 29.5 Å². The number of hydrogen-bond donors (Lipinski definition) is 0. The molecule has 0 aliphatic carbocycles. The first-order valence-corrected chi connectivity index (χ1v) is 11.4. The predicted molar refractivity (Wildman–Crippen MR) is 134 cm³/mol. The van der Waals surface area contributed by atoms with Crippen molar-refractivity contribution < 1.29 is 47.9 Å². The van der Waals surface area contributed by atoms with Gasteiger partial charge in [-0.15, -0.1) is 0 Å². The fourth-order valence-electron chi connectivity index (χ4n) is 3.02. The summed E-state index contributed by atoms with van der Waals surface area (Å²) in [5.74, 6) is -0.971. The summed E-state index contributed by atoms with van der Waals surface area (Å²) in [6, 6.07) is 18.0. The Hall–Kier alpha value is -5.53. The van der Waals surface area contributed by atoms with Gasteiger partial charge in [0, 0.05) is 24.3 Å². The summed E-state index contributed by atoms with van der Waals surface area (Å²) in [7, 11) is 0. The average Bonchev–Trinajstić information content (AvgIpc) is 2.95. The highest BCUT2D eigenvalue weighted by molar-refractivity contribution is 5.78. The highest BCUT2D eigenvalue weighted by Crippen LogP contribution is 2.24. The summed E-state index contributed by atoms with van der Waals surface area (Å²) in [4.78, 5) is 57.7. The Morgan fingerprint density at radius 1 is 0.675 bits per heavy atom. The van der Waals surface area contributed by atoms with Crippen LogP contribution in [0.1, 0.15) is 12.5 Å². The van der Waals surface area contributed by atoms with E-state index in [2.05, 4.69) is 0 Å². The quantitative estimate of drug-likeness (QED) is 0.102. The lowest BCUT2D eigenvalue weighted by Crippen LogP contribution is -2.41. The Morgan fingerprint density at radius 3 is 1.50 bits per heavy atom. The van der Waals surface area contributed by atoms with Gasteiger partial charge >= 0.3 is 18.3 Å². The normalized spacial score (nSPS) is 10.6. The van der Waals surface area contributed by atoms with Crippen LogP contribution in [0.3, 0.4) is 0 Å². The molecule has 14 nitrogen and oxygen atoms in total. The molecular weight excluding hydrogens is 532 g/mol. The maximum atomic E-state index is 13.0. The Bertz CT molecular complexity index is 1280. The van der Waals surface area contributed by atoms with Crippen LogP contribution in [0, 0.1) is 25.6 Å². The van der Waals surface area contributed by atoms with Gasteiger partial charge in [-0.05, 0) is 36.8 Å². The minimum atomic E-state index is -1.71. The third-order valence-electron chi connectivity index (χ3n) is 5.22. The van der Waals surface area contributed by atoms with E-state index >= 15 is 0 Å². The number of carbonyl (C=O) groups excluding carboxylic acids is 3. The van der Waals surface area contributed by atoms with Gasteiger partial charge in [0.15, 0.2) is 0 Å². The molecule has 40 heavy (non-hydrogen) atoms. The molecule has 0 bridgehead atoms. The number of benzene rings is 3. The minimum absolute atomic E-state index is 0.0492. The summed E-state index contributed by atoms with van der Waals surface area (Å²) in [5.41, 5.74) is -1.47. The second-order valence-electron chi connectivity index (χ2n) is 8.41. The first-order valence-electron chi connectivity index (χ1n) is 11.4. The van der Waals surface area contributed by atoms with Crippen molar-refractivity contribution in [1.29, 1.82) is 0 Å². The zero-order valence-corrected chi connectivity index (χ0v) is 20.9. The fourth-order valence-corrected chi connectivity index (χ4v) is 3.02. The van der Waals surface area contributed by atoms with Gasteiger partial charge in [-0.2, -0.15) is 0 Å². The standard InChI is InChI=1S/C26H22N2O12/c1-26(23(29)36-15-18-5-3-2-4-6-18,16-37-24(30)39-21-11-7-19(8-12-21)27(32)33)17-38-25(31)40-22-13-9-20(10-14-22)28(34)35/h2-14H,15-17H2,1H3. The molecule has 0 N–H and O–H groups in total. The Kier molecular flexibility index (Phi) is 9.67. The van der Waals surface area contributed by atoms with Crippen LogP contribution in [-0.4, -0.2) is 41.3 Å². The first-order chi connectivity index (χ1) is 19.1. The highest BCUT2D eigenvalue weighted by atomic mass is 16.7. The summed E-state index contributed by atoms with van der Waals surface area (Å²) >= 11 is 0. The van der Waals surface area contributed by atoms with E-state index in [1.54, 1.807) is 30.3 Å². The van der Waals surface area contributed by atoms with Gasteiger partial charge in [0.2, 0.25) is 0 Å². The largest absolute Gasteiger partial charge is 0.513 e. The Morgan fingerprint density at radius 2 is 1.10 bits per heavy atom. The SMILES string of the molecule is CC(COC(=O)Oc1ccc([N+](=O)[O-])cc1)(COC(=O)Oc1ccc([N+](=O)[O-])cc1)C(=O)OCc1ccccc1. The zero-order chi connectivity index (χ0) is 29.1. The van der Waals surface area contributed by atoms with E-state index in [0.717, 1.165) is 24.3 Å². The topological polar surface area (TPSA) is 184 Å². The van der Waals surface area contributed by atoms with Crippen molar-refractivity contribution >= 4 is 29.7 Å². The molecule has 0 aliphatic heterocycles. The first kappa shape index (κ1) is 29.0. The highest BCUT2D eigenvalue weighted by Gasteiger charge is 2.39. The van der Waals surface area contributed by atoms with Crippen molar-refractivity contribution in [3.8, 4) is 11.5 Å². The summed E-state index contributed by atoms with van der Waals surface area (Å²) in [6.45, 7) is -0.0805. The number of rotatable bonds is 11. The van der Waals surface area contributed by atoms with Crippen molar-refractivity contribution in [3.05, 3.63) is 105 Å². The number of nitro benzene ring substituents is 2.